The number of anilines is 1. The molecule has 2 heterocycles. The Morgan fingerprint density at radius 1 is 1.60 bits per heavy atom. The van der Waals surface area contributed by atoms with Gasteiger partial charge >= 0.3 is 0 Å². The molecule has 2 rings (SSSR count). The molecule has 3 nitrogen and oxygen atoms in total. The third-order valence-electron chi connectivity index (χ3n) is 2.77. The van der Waals surface area contributed by atoms with Gasteiger partial charge < -0.3 is 10.1 Å². The number of hydrogen-bond donors (Lipinski definition) is 1. The van der Waals surface area contributed by atoms with Crippen LogP contribution in [0.2, 0.25) is 0 Å². The first kappa shape index (κ1) is 10.9. The third-order valence-corrected chi connectivity index (χ3v) is 3.24. The van der Waals surface area contributed by atoms with E-state index in [0.717, 1.165) is 29.9 Å². The highest BCUT2D eigenvalue weighted by Crippen LogP contribution is 2.19. The Hall–Kier alpha value is -0.610. The average Bonchev–Trinajstić information content (AvgIpc) is 2.74. The molecule has 0 spiro atoms. The molecule has 2 atom stereocenters. The highest BCUT2D eigenvalue weighted by Gasteiger charge is 2.22. The van der Waals surface area contributed by atoms with Crippen molar-refractivity contribution in [3.63, 3.8) is 0 Å². The minimum atomic E-state index is 0.418. The van der Waals surface area contributed by atoms with E-state index in [0.29, 0.717) is 12.0 Å². The molecule has 1 saturated heterocycles. The van der Waals surface area contributed by atoms with Gasteiger partial charge in [-0.15, -0.1) is 0 Å². The van der Waals surface area contributed by atoms with Gasteiger partial charge in [-0.05, 0) is 41.4 Å². The van der Waals surface area contributed by atoms with Crippen LogP contribution in [0.5, 0.6) is 0 Å². The monoisotopic (exact) mass is 270 g/mol. The number of pyridine rings is 1. The molecule has 1 aliphatic heterocycles. The van der Waals surface area contributed by atoms with Crippen molar-refractivity contribution in [2.45, 2.75) is 19.4 Å². The zero-order chi connectivity index (χ0) is 10.7. The van der Waals surface area contributed by atoms with E-state index in [4.69, 9.17) is 4.74 Å². The fourth-order valence-corrected chi connectivity index (χ4v) is 1.99. The second-order valence-corrected chi connectivity index (χ2v) is 4.83. The maximum Gasteiger partial charge on any atom is 0.126 e. The molecule has 1 aromatic heterocycles. The quantitative estimate of drug-likeness (QED) is 0.917. The first-order chi connectivity index (χ1) is 7.25. The lowest BCUT2D eigenvalue weighted by Crippen LogP contribution is -2.26. The van der Waals surface area contributed by atoms with Crippen molar-refractivity contribution in [2.24, 2.45) is 5.92 Å². The second kappa shape index (κ2) is 4.94. The minimum Gasteiger partial charge on any atom is -0.381 e. The number of rotatable bonds is 3. The molecule has 0 amide bonds. The van der Waals surface area contributed by atoms with Crippen LogP contribution in [0.1, 0.15) is 13.3 Å². The highest BCUT2D eigenvalue weighted by atomic mass is 79.9. The lowest BCUT2D eigenvalue weighted by Gasteiger charge is -2.19. The van der Waals surface area contributed by atoms with Crippen molar-refractivity contribution in [3.8, 4) is 0 Å². The van der Waals surface area contributed by atoms with E-state index in [1.165, 1.54) is 0 Å². The van der Waals surface area contributed by atoms with E-state index in [1.54, 1.807) is 6.20 Å². The predicted octanol–water partition coefficient (Wildman–Crippen LogP) is 2.68. The SMILES string of the molecule is CC(Nc1ccc(Br)cn1)C1CCOC1. The Bertz CT molecular complexity index is 309. The molecule has 1 N–H and O–H groups in total. The van der Waals surface area contributed by atoms with Gasteiger partial charge in [-0.2, -0.15) is 0 Å². The molecule has 15 heavy (non-hydrogen) atoms. The molecule has 0 aromatic carbocycles. The Kier molecular flexibility index (Phi) is 3.59. The lowest BCUT2D eigenvalue weighted by molar-refractivity contribution is 0.183. The van der Waals surface area contributed by atoms with E-state index < -0.39 is 0 Å². The number of nitrogens with one attached hydrogen (secondary N) is 1. The van der Waals surface area contributed by atoms with Crippen LogP contribution in [0.25, 0.3) is 0 Å². The van der Waals surface area contributed by atoms with Crippen LogP contribution in [0.4, 0.5) is 5.82 Å². The Morgan fingerprint density at radius 2 is 2.47 bits per heavy atom. The first-order valence-corrected chi connectivity index (χ1v) is 6.01. The van der Waals surface area contributed by atoms with Gasteiger partial charge in [-0.25, -0.2) is 4.98 Å². The maximum atomic E-state index is 5.37. The van der Waals surface area contributed by atoms with Crippen molar-refractivity contribution in [1.29, 1.82) is 0 Å². The Labute approximate surface area is 98.4 Å². The first-order valence-electron chi connectivity index (χ1n) is 5.21. The molecule has 4 heteroatoms. The number of aromatic nitrogens is 1. The Morgan fingerprint density at radius 3 is 3.07 bits per heavy atom. The zero-order valence-corrected chi connectivity index (χ0v) is 10.3. The molecular formula is C11H15BrN2O. The van der Waals surface area contributed by atoms with Gasteiger partial charge in [0.15, 0.2) is 0 Å². The minimum absolute atomic E-state index is 0.418. The van der Waals surface area contributed by atoms with Crippen LogP contribution in [-0.2, 0) is 4.74 Å². The largest absolute Gasteiger partial charge is 0.381 e. The van der Waals surface area contributed by atoms with Gasteiger partial charge in [-0.3, -0.25) is 0 Å². The van der Waals surface area contributed by atoms with Gasteiger partial charge in [0.1, 0.15) is 5.82 Å². The molecule has 82 valence electrons. The standard InChI is InChI=1S/C11H15BrN2O/c1-8(9-4-5-15-7-9)14-11-3-2-10(12)6-13-11/h2-3,6,8-9H,4-5,7H2,1H3,(H,13,14). The van der Waals surface area contributed by atoms with Crippen LogP contribution in [0.3, 0.4) is 0 Å². The van der Waals surface area contributed by atoms with Gasteiger partial charge in [0.25, 0.3) is 0 Å². The summed E-state index contributed by atoms with van der Waals surface area (Å²) < 4.78 is 6.37. The molecule has 0 bridgehead atoms. The van der Waals surface area contributed by atoms with E-state index in [2.05, 4.69) is 33.2 Å². The number of nitrogens with zero attached hydrogens (tertiary/aromatic N) is 1. The summed E-state index contributed by atoms with van der Waals surface area (Å²) in [6.45, 7) is 3.94. The van der Waals surface area contributed by atoms with Crippen LogP contribution in [0, 0.1) is 5.92 Å². The van der Waals surface area contributed by atoms with Crippen molar-refractivity contribution < 1.29 is 4.74 Å². The second-order valence-electron chi connectivity index (χ2n) is 3.92. The predicted molar refractivity (Wildman–Crippen MR) is 63.9 cm³/mol. The van der Waals surface area contributed by atoms with Crippen LogP contribution < -0.4 is 5.32 Å². The van der Waals surface area contributed by atoms with Gasteiger partial charge in [-0.1, -0.05) is 0 Å². The van der Waals surface area contributed by atoms with Crippen molar-refractivity contribution in [1.82, 2.24) is 4.98 Å². The average molecular weight is 271 g/mol. The fraction of sp³-hybridized carbons (Fsp3) is 0.545. The summed E-state index contributed by atoms with van der Waals surface area (Å²) in [5, 5.41) is 3.40. The molecule has 2 unspecified atom stereocenters. The van der Waals surface area contributed by atoms with Crippen molar-refractivity contribution in [2.75, 3.05) is 18.5 Å². The summed E-state index contributed by atoms with van der Waals surface area (Å²) in [7, 11) is 0. The maximum absolute atomic E-state index is 5.37. The molecular weight excluding hydrogens is 256 g/mol. The summed E-state index contributed by atoms with van der Waals surface area (Å²) in [6.07, 6.45) is 2.95. The summed E-state index contributed by atoms with van der Waals surface area (Å²) in [5.41, 5.74) is 0. The van der Waals surface area contributed by atoms with Crippen LogP contribution in [0.15, 0.2) is 22.8 Å². The van der Waals surface area contributed by atoms with Gasteiger partial charge in [0.05, 0.1) is 6.61 Å². The lowest BCUT2D eigenvalue weighted by atomic mass is 10.0. The summed E-state index contributed by atoms with van der Waals surface area (Å²) in [4.78, 5) is 4.29. The van der Waals surface area contributed by atoms with Crippen LogP contribution in [-0.4, -0.2) is 24.2 Å². The normalized spacial score (nSPS) is 22.7. The summed E-state index contributed by atoms with van der Waals surface area (Å²) >= 11 is 3.37. The van der Waals surface area contributed by atoms with Gasteiger partial charge in [0.2, 0.25) is 0 Å². The van der Waals surface area contributed by atoms with E-state index in [9.17, 15) is 0 Å². The molecule has 0 radical (unpaired) electrons. The van der Waals surface area contributed by atoms with E-state index >= 15 is 0 Å². The van der Waals surface area contributed by atoms with E-state index in [-0.39, 0.29) is 0 Å². The summed E-state index contributed by atoms with van der Waals surface area (Å²) in [5.74, 6) is 1.54. The topological polar surface area (TPSA) is 34.2 Å². The number of ether oxygens (including phenoxy) is 1. The van der Waals surface area contributed by atoms with Crippen molar-refractivity contribution >= 4 is 21.7 Å². The van der Waals surface area contributed by atoms with Crippen LogP contribution >= 0.6 is 15.9 Å². The molecule has 1 aliphatic rings. The summed E-state index contributed by atoms with van der Waals surface area (Å²) in [6, 6.07) is 4.39. The number of halogens is 1. The number of hydrogen-bond acceptors (Lipinski definition) is 3. The highest BCUT2D eigenvalue weighted by molar-refractivity contribution is 9.10. The molecule has 1 aromatic rings. The smallest absolute Gasteiger partial charge is 0.126 e. The van der Waals surface area contributed by atoms with Crippen molar-refractivity contribution in [3.05, 3.63) is 22.8 Å². The molecule has 0 saturated carbocycles. The van der Waals surface area contributed by atoms with E-state index in [1.807, 2.05) is 12.1 Å². The third kappa shape index (κ3) is 2.92. The molecule has 1 fully saturated rings. The Balaban J connectivity index is 1.92. The fourth-order valence-electron chi connectivity index (χ4n) is 1.76. The zero-order valence-electron chi connectivity index (χ0n) is 8.74. The van der Waals surface area contributed by atoms with Gasteiger partial charge in [0, 0.05) is 29.2 Å². The molecule has 0 aliphatic carbocycles.